The molecule has 0 bridgehead atoms. The van der Waals surface area contributed by atoms with Crippen LogP contribution >= 0.6 is 11.6 Å². The van der Waals surface area contributed by atoms with Gasteiger partial charge in [0.1, 0.15) is 17.3 Å². The number of halogens is 2. The number of sulfonamides is 1. The van der Waals surface area contributed by atoms with Crippen molar-refractivity contribution in [2.24, 2.45) is 7.05 Å². The number of aryl methyl sites for hydroxylation is 3. The molecule has 7 rings (SSSR count). The number of carboxylic acid groups (broad SMARTS) is 1. The number of benzene rings is 3. The zero-order valence-corrected chi connectivity index (χ0v) is 31.8. The molecule has 2 aliphatic rings. The Hall–Kier alpha value is -3.97. The van der Waals surface area contributed by atoms with Crippen molar-refractivity contribution in [1.29, 1.82) is 0 Å². The van der Waals surface area contributed by atoms with E-state index in [4.69, 9.17) is 21.4 Å². The summed E-state index contributed by atoms with van der Waals surface area (Å²) in [6, 6.07) is 13.7. The minimum absolute atomic E-state index is 0.0516. The van der Waals surface area contributed by atoms with Crippen LogP contribution in [-0.2, 0) is 43.0 Å². The Morgan fingerprint density at radius 2 is 1.83 bits per heavy atom. The van der Waals surface area contributed by atoms with Crippen LogP contribution in [0, 0.1) is 5.82 Å². The quantitative estimate of drug-likeness (QED) is 0.141. The van der Waals surface area contributed by atoms with E-state index in [0.29, 0.717) is 59.0 Å². The molecule has 2 aromatic heterocycles. The van der Waals surface area contributed by atoms with Gasteiger partial charge in [-0.2, -0.15) is 9.40 Å². The number of nitrogens with zero attached hydrogens (tertiary/aromatic N) is 4. The third-order valence-corrected chi connectivity index (χ3v) is 12.1. The Balaban J connectivity index is 0.000000870. The van der Waals surface area contributed by atoms with Crippen molar-refractivity contribution >= 4 is 49.3 Å². The summed E-state index contributed by atoms with van der Waals surface area (Å²) in [5.41, 5.74) is 4.43. The highest BCUT2D eigenvalue weighted by Gasteiger charge is 2.39. The number of rotatable bonds is 10. The number of aromatic nitrogens is 3. The molecule has 0 unspecified atom stereocenters. The molecular weight excluding hydrogens is 705 g/mol. The van der Waals surface area contributed by atoms with Gasteiger partial charge in [-0.15, -0.1) is 0 Å². The Bertz CT molecular complexity index is 2210. The van der Waals surface area contributed by atoms with Gasteiger partial charge in [0.2, 0.25) is 10.0 Å². The first-order valence-electron chi connectivity index (χ1n) is 18.1. The Morgan fingerprint density at radius 1 is 1.08 bits per heavy atom. The second-order valence-corrected chi connectivity index (χ2v) is 15.8. The fourth-order valence-corrected chi connectivity index (χ4v) is 9.35. The maximum atomic E-state index is 13.8. The lowest BCUT2D eigenvalue weighted by atomic mass is 9.97. The summed E-state index contributed by atoms with van der Waals surface area (Å²) in [7, 11) is -1.78. The van der Waals surface area contributed by atoms with Crippen molar-refractivity contribution < 1.29 is 27.4 Å². The number of aromatic carboxylic acids is 1. The molecular formula is C39H47ClFN5O5S. The fraction of sp³-hybridized carbons (Fsp3) is 0.436. The van der Waals surface area contributed by atoms with E-state index in [9.17, 15) is 22.7 Å². The molecule has 5 aromatic rings. The van der Waals surface area contributed by atoms with Crippen molar-refractivity contribution in [3.63, 3.8) is 0 Å². The van der Waals surface area contributed by atoms with Gasteiger partial charge in [-0.05, 0) is 92.9 Å². The van der Waals surface area contributed by atoms with Crippen LogP contribution in [0.4, 0.5) is 4.39 Å². The van der Waals surface area contributed by atoms with Crippen LogP contribution in [0.25, 0.3) is 32.8 Å². The molecule has 3 heterocycles. The second kappa shape index (κ2) is 16.0. The number of hydrogen-bond donors (Lipinski definition) is 2. The molecule has 1 aliphatic carbocycles. The Labute approximate surface area is 309 Å². The fourth-order valence-electron chi connectivity index (χ4n) is 7.40. The van der Waals surface area contributed by atoms with Crippen LogP contribution in [0.1, 0.15) is 73.9 Å². The monoisotopic (exact) mass is 751 g/mol. The number of carbonyl (C=O) groups is 1. The van der Waals surface area contributed by atoms with Gasteiger partial charge in [-0.1, -0.05) is 50.6 Å². The highest BCUT2D eigenvalue weighted by atomic mass is 35.5. The predicted octanol–water partition coefficient (Wildman–Crippen LogP) is 7.57. The zero-order valence-electron chi connectivity index (χ0n) is 30.2. The number of fused-ring (bicyclic) bond motifs is 3. The highest BCUT2D eigenvalue weighted by Crippen LogP contribution is 2.44. The van der Waals surface area contributed by atoms with E-state index in [-0.39, 0.29) is 42.8 Å². The largest absolute Gasteiger partial charge is 0.493 e. The summed E-state index contributed by atoms with van der Waals surface area (Å²) in [5.74, 6) is -0.877. The SMILES string of the molecule is CCNCC.CCc1c2c(nn1C)CN(C1CC1)S(=O)(=O)CCCn1c(C(=O)O)c(CCCOc3cccc4cc(F)ccc34)c3ccc(Cl)c-2c31. The van der Waals surface area contributed by atoms with Gasteiger partial charge >= 0.3 is 5.97 Å². The van der Waals surface area contributed by atoms with E-state index in [1.54, 1.807) is 25.7 Å². The molecule has 13 heteroatoms. The van der Waals surface area contributed by atoms with Crippen LogP contribution < -0.4 is 10.1 Å². The van der Waals surface area contributed by atoms with E-state index in [1.165, 1.54) is 12.1 Å². The average molecular weight is 752 g/mol. The van der Waals surface area contributed by atoms with Crippen molar-refractivity contribution in [1.82, 2.24) is 24.0 Å². The molecule has 3 aromatic carbocycles. The summed E-state index contributed by atoms with van der Waals surface area (Å²) < 4.78 is 52.4. The molecule has 278 valence electrons. The molecule has 0 saturated heterocycles. The van der Waals surface area contributed by atoms with E-state index in [1.807, 2.05) is 38.2 Å². The lowest BCUT2D eigenvalue weighted by molar-refractivity contribution is 0.0684. The van der Waals surface area contributed by atoms with Gasteiger partial charge in [0.05, 0.1) is 35.1 Å². The predicted molar refractivity (Wildman–Crippen MR) is 204 cm³/mol. The number of carboxylic acids is 1. The van der Waals surface area contributed by atoms with Crippen LogP contribution in [-0.4, -0.2) is 69.6 Å². The third-order valence-electron chi connectivity index (χ3n) is 9.84. The van der Waals surface area contributed by atoms with Gasteiger partial charge < -0.3 is 19.7 Å². The van der Waals surface area contributed by atoms with Crippen molar-refractivity contribution in [2.45, 2.75) is 78.4 Å². The molecule has 0 amide bonds. The minimum Gasteiger partial charge on any atom is -0.493 e. The van der Waals surface area contributed by atoms with Gasteiger partial charge in [0.15, 0.2) is 0 Å². The Kier molecular flexibility index (Phi) is 11.6. The van der Waals surface area contributed by atoms with Gasteiger partial charge in [0.25, 0.3) is 0 Å². The molecule has 2 N–H and O–H groups in total. The normalized spacial score (nSPS) is 15.9. The molecule has 1 saturated carbocycles. The maximum absolute atomic E-state index is 13.8. The highest BCUT2D eigenvalue weighted by molar-refractivity contribution is 7.89. The smallest absolute Gasteiger partial charge is 0.352 e. The van der Waals surface area contributed by atoms with Crippen molar-refractivity contribution in [3.05, 3.63) is 82.0 Å². The van der Waals surface area contributed by atoms with E-state index >= 15 is 0 Å². The summed E-state index contributed by atoms with van der Waals surface area (Å²) >= 11 is 7.02. The van der Waals surface area contributed by atoms with E-state index in [0.717, 1.165) is 53.3 Å². The summed E-state index contributed by atoms with van der Waals surface area (Å²) in [5, 5.41) is 21.3. The zero-order chi connectivity index (χ0) is 37.2. The first kappa shape index (κ1) is 37.8. The molecule has 1 aliphatic heterocycles. The number of hydrogen-bond acceptors (Lipinski definition) is 6. The molecule has 52 heavy (non-hydrogen) atoms. The first-order chi connectivity index (χ1) is 25.0. The van der Waals surface area contributed by atoms with E-state index in [2.05, 4.69) is 19.2 Å². The van der Waals surface area contributed by atoms with Crippen LogP contribution in [0.3, 0.4) is 0 Å². The Morgan fingerprint density at radius 3 is 2.50 bits per heavy atom. The lowest BCUT2D eigenvalue weighted by Crippen LogP contribution is -2.35. The third kappa shape index (κ3) is 7.57. The molecule has 0 spiro atoms. The minimum atomic E-state index is -3.63. The number of ether oxygens (including phenoxy) is 1. The van der Waals surface area contributed by atoms with Crippen LogP contribution in [0.5, 0.6) is 5.75 Å². The molecule has 10 nitrogen and oxygen atoms in total. The maximum Gasteiger partial charge on any atom is 0.352 e. The average Bonchev–Trinajstić information content (AvgIpc) is 3.83. The standard InChI is InChI=1S/C35H36ClFN4O5S.C4H11N/c1-3-29-32-28(38-39(29)2)20-41(23-11-12-23)47(44,45)18-6-16-40-33-26(14-15-27(36)31(32)33)25(34(40)35(42)43)8-5-17-46-30-9-4-7-21-19-22(37)10-13-24(21)30;1-3-5-4-2/h4,7,9-10,13-15,19,23H,3,5-6,8,11-12,16-18,20H2,1-2H3,(H,42,43);5H,3-4H2,1-2H3. The van der Waals surface area contributed by atoms with Gasteiger partial charge in [0, 0.05) is 47.2 Å². The summed E-state index contributed by atoms with van der Waals surface area (Å²) in [6.07, 6.45) is 3.41. The molecule has 0 atom stereocenters. The summed E-state index contributed by atoms with van der Waals surface area (Å²) in [6.45, 7) is 9.06. The lowest BCUT2D eigenvalue weighted by Gasteiger charge is -2.21. The topological polar surface area (TPSA) is 119 Å². The molecule has 0 radical (unpaired) electrons. The van der Waals surface area contributed by atoms with Gasteiger partial charge in [-0.25, -0.2) is 17.6 Å². The number of nitrogens with one attached hydrogen (secondary N) is 1. The van der Waals surface area contributed by atoms with E-state index < -0.39 is 16.0 Å². The first-order valence-corrected chi connectivity index (χ1v) is 20.1. The van der Waals surface area contributed by atoms with Gasteiger partial charge in [-0.3, -0.25) is 4.68 Å². The summed E-state index contributed by atoms with van der Waals surface area (Å²) in [4.78, 5) is 13.0. The molecule has 1 fully saturated rings. The van der Waals surface area contributed by atoms with Crippen LogP contribution in [0.15, 0.2) is 48.5 Å². The van der Waals surface area contributed by atoms with Crippen molar-refractivity contribution in [3.8, 4) is 16.9 Å². The second-order valence-electron chi connectivity index (χ2n) is 13.3. The van der Waals surface area contributed by atoms with Crippen LogP contribution in [0.2, 0.25) is 5.02 Å². The van der Waals surface area contributed by atoms with Crippen molar-refractivity contribution in [2.75, 3.05) is 25.4 Å².